The Morgan fingerprint density at radius 1 is 0.824 bits per heavy atom. The summed E-state index contributed by atoms with van der Waals surface area (Å²) in [4.78, 5) is 0. The summed E-state index contributed by atoms with van der Waals surface area (Å²) < 4.78 is 30.1. The Balaban J connectivity index is 0.000000239. The number of hydrogen-bond acceptors (Lipinski definition) is 4. The monoisotopic (exact) mass is 344 g/mol. The van der Waals surface area contributed by atoms with E-state index in [-0.39, 0.29) is 0 Å². The van der Waals surface area contributed by atoms with E-state index < -0.39 is 21.1 Å². The average Bonchev–Trinajstić information content (AvgIpc) is 2.66. The van der Waals surface area contributed by atoms with E-state index in [1.165, 1.54) is 10.8 Å². The molecule has 0 aliphatic rings. The molecule has 0 bridgehead atoms. The van der Waals surface area contributed by atoms with Crippen LogP contribution < -0.4 is 27.9 Å². The Morgan fingerprint density at radius 3 is 1.59 bits per heavy atom. The van der Waals surface area contributed by atoms with E-state index in [0.29, 0.717) is 0 Å². The molecular weight excluding hydrogens is 335 g/mol. The molecule has 2 aromatic carbocycles. The second kappa shape index (κ2) is 5.46. The van der Waals surface area contributed by atoms with Gasteiger partial charge in [-0.25, -0.2) is 0 Å². The predicted octanol–water partition coefficient (Wildman–Crippen LogP) is -2.34. The number of furan rings is 1. The van der Waals surface area contributed by atoms with Gasteiger partial charge in [0.05, 0.1) is 0 Å². The Bertz CT molecular complexity index is 565. The first-order chi connectivity index (χ1) is 8.18. The lowest BCUT2D eigenvalue weighted by Crippen LogP contribution is -3.98. The maximum Gasteiger partial charge on any atom is 0.503 e. The maximum atomic E-state index is 8.68. The molecule has 0 radical (unpaired) electrons. The molecule has 0 amide bonds. The molecule has 3 rings (SSSR count). The van der Waals surface area contributed by atoms with Gasteiger partial charge >= 0.3 is 21.1 Å². The normalized spacial score (nSPS) is 10.6. The van der Waals surface area contributed by atoms with E-state index in [1.807, 2.05) is 36.4 Å². The van der Waals surface area contributed by atoms with Gasteiger partial charge < -0.3 is 11.3 Å². The van der Waals surface area contributed by atoms with E-state index >= 15 is 0 Å². The summed E-state index contributed by atoms with van der Waals surface area (Å²) in [6.45, 7) is 0. The Morgan fingerprint density at radius 2 is 1.18 bits per heavy atom. The zero-order valence-corrected chi connectivity index (χ0v) is 10.8. The van der Waals surface area contributed by atoms with Crippen molar-refractivity contribution < 1.29 is 35.8 Å². The summed E-state index contributed by atoms with van der Waals surface area (Å²) >= 11 is -3.76. The maximum absolute atomic E-state index is 8.68. The summed E-state index contributed by atoms with van der Waals surface area (Å²) in [5.41, 5.74) is 1.92. The molecular formula is C12H9IO4. The Kier molecular flexibility index (Phi) is 3.95. The molecule has 4 nitrogen and oxygen atoms in total. The van der Waals surface area contributed by atoms with E-state index in [4.69, 9.17) is 14.7 Å². The number of para-hydroxylation sites is 2. The van der Waals surface area contributed by atoms with Gasteiger partial charge in [-0.3, -0.25) is 0 Å². The van der Waals surface area contributed by atoms with Crippen LogP contribution in [0.25, 0.3) is 21.9 Å². The van der Waals surface area contributed by atoms with Crippen LogP contribution >= 0.6 is 0 Å². The van der Waals surface area contributed by atoms with Crippen molar-refractivity contribution in [3.05, 3.63) is 48.5 Å². The predicted molar refractivity (Wildman–Crippen MR) is 55.9 cm³/mol. The lowest BCUT2D eigenvalue weighted by atomic mass is 10.2. The lowest BCUT2D eigenvalue weighted by molar-refractivity contribution is -1.63. The highest BCUT2D eigenvalue weighted by Gasteiger charge is 2.03. The summed E-state index contributed by atoms with van der Waals surface area (Å²) in [6.07, 6.45) is 0. The topological polar surface area (TPSA) is 79.5 Å². The molecule has 0 saturated heterocycles. The molecule has 3 aromatic rings. The number of rotatable bonds is 0. The molecule has 1 aromatic heterocycles. The molecule has 0 aliphatic carbocycles. The molecule has 1 heterocycles. The van der Waals surface area contributed by atoms with Crippen LogP contribution in [0.4, 0.5) is 0 Å². The first-order valence-electron chi connectivity index (χ1n) is 4.79. The van der Waals surface area contributed by atoms with Crippen LogP contribution in [-0.4, -0.2) is 3.44 Å². The standard InChI is InChI=1S/C12H8O.HIO3/c1-3-7-11-9(5-1)10-6-2-4-8-12(10)13-11;2-1(3)4/h1-8H;2H. The van der Waals surface area contributed by atoms with Crippen LogP contribution in [0.2, 0.25) is 0 Å². The molecule has 0 unspecified atom stereocenters. The second-order valence-electron chi connectivity index (χ2n) is 3.30. The van der Waals surface area contributed by atoms with Crippen molar-refractivity contribution in [3.63, 3.8) is 0 Å². The minimum absolute atomic E-state index is 0.962. The van der Waals surface area contributed by atoms with E-state index in [2.05, 4.69) is 12.1 Å². The van der Waals surface area contributed by atoms with Gasteiger partial charge in [0.25, 0.3) is 0 Å². The van der Waals surface area contributed by atoms with Crippen molar-refractivity contribution in [3.8, 4) is 0 Å². The third kappa shape index (κ3) is 2.95. The van der Waals surface area contributed by atoms with Gasteiger partial charge in [-0.2, -0.15) is 0 Å². The van der Waals surface area contributed by atoms with Crippen molar-refractivity contribution in [2.75, 3.05) is 0 Å². The third-order valence-corrected chi connectivity index (χ3v) is 2.28. The molecule has 0 atom stereocenters. The summed E-state index contributed by atoms with van der Waals surface area (Å²) in [7, 11) is 0. The second-order valence-corrected chi connectivity index (χ2v) is 4.44. The highest BCUT2D eigenvalue weighted by Crippen LogP contribution is 2.27. The SMILES string of the molecule is [O-][I+2]([O-])O.c1ccc2c(c1)oc1ccccc12. The van der Waals surface area contributed by atoms with Gasteiger partial charge in [0.1, 0.15) is 11.2 Å². The van der Waals surface area contributed by atoms with Crippen LogP contribution in [0.3, 0.4) is 0 Å². The number of benzene rings is 2. The summed E-state index contributed by atoms with van der Waals surface area (Å²) in [6, 6.07) is 16.2. The van der Waals surface area contributed by atoms with E-state index in [9.17, 15) is 0 Å². The third-order valence-electron chi connectivity index (χ3n) is 2.28. The molecule has 0 aliphatic heterocycles. The average molecular weight is 344 g/mol. The van der Waals surface area contributed by atoms with Crippen molar-refractivity contribution >= 4 is 21.9 Å². The molecule has 5 heteroatoms. The van der Waals surface area contributed by atoms with Crippen molar-refractivity contribution in [1.82, 2.24) is 0 Å². The van der Waals surface area contributed by atoms with Crippen molar-refractivity contribution in [2.45, 2.75) is 0 Å². The van der Waals surface area contributed by atoms with Gasteiger partial charge in [-0.05, 0) is 15.6 Å². The van der Waals surface area contributed by atoms with E-state index in [0.717, 1.165) is 11.2 Å². The van der Waals surface area contributed by atoms with Gasteiger partial charge in [0, 0.05) is 10.8 Å². The number of fused-ring (bicyclic) bond motifs is 3. The summed E-state index contributed by atoms with van der Waals surface area (Å²) in [5.74, 6) is 0. The minimum Gasteiger partial charge on any atom is -0.456 e. The fraction of sp³-hybridized carbons (Fsp3) is 0. The zero-order valence-electron chi connectivity index (χ0n) is 8.67. The largest absolute Gasteiger partial charge is 0.503 e. The van der Waals surface area contributed by atoms with Crippen LogP contribution in [0.15, 0.2) is 52.9 Å². The van der Waals surface area contributed by atoms with Crippen LogP contribution in [-0.2, 0) is 0 Å². The van der Waals surface area contributed by atoms with Crippen molar-refractivity contribution in [1.29, 1.82) is 0 Å². The fourth-order valence-corrected chi connectivity index (χ4v) is 1.67. The lowest BCUT2D eigenvalue weighted by Gasteiger charge is -1.85. The van der Waals surface area contributed by atoms with Crippen LogP contribution in [0.5, 0.6) is 0 Å². The Hall–Kier alpha value is -1.15. The molecule has 0 spiro atoms. The molecule has 0 fully saturated rings. The van der Waals surface area contributed by atoms with Crippen LogP contribution in [0.1, 0.15) is 0 Å². The van der Waals surface area contributed by atoms with Gasteiger partial charge in [-0.15, -0.1) is 0 Å². The van der Waals surface area contributed by atoms with Crippen LogP contribution in [0, 0.1) is 0 Å². The molecule has 17 heavy (non-hydrogen) atoms. The zero-order chi connectivity index (χ0) is 12.3. The van der Waals surface area contributed by atoms with Gasteiger partial charge in [0.15, 0.2) is 0 Å². The highest BCUT2D eigenvalue weighted by atomic mass is 127. The quantitative estimate of drug-likeness (QED) is 0.464. The molecule has 88 valence electrons. The van der Waals surface area contributed by atoms with Gasteiger partial charge in [-0.1, -0.05) is 36.4 Å². The van der Waals surface area contributed by atoms with Crippen molar-refractivity contribution in [2.24, 2.45) is 0 Å². The Labute approximate surface area is 106 Å². The summed E-state index contributed by atoms with van der Waals surface area (Å²) in [5, 5.41) is 2.39. The molecule has 1 N–H and O–H groups in total. The van der Waals surface area contributed by atoms with E-state index in [1.54, 1.807) is 0 Å². The minimum atomic E-state index is -3.76. The molecule has 0 saturated carbocycles. The highest BCUT2D eigenvalue weighted by molar-refractivity contribution is 6.04. The number of halogens is 1. The first kappa shape index (κ1) is 12.3. The fourth-order valence-electron chi connectivity index (χ4n) is 1.67. The first-order valence-corrected chi connectivity index (χ1v) is 7.52. The smallest absolute Gasteiger partial charge is 0.456 e. The number of hydrogen-bond donors (Lipinski definition) is 1. The van der Waals surface area contributed by atoms with Gasteiger partial charge in [0.2, 0.25) is 0 Å².